The van der Waals surface area contributed by atoms with Crippen molar-refractivity contribution in [1.29, 1.82) is 5.26 Å². The van der Waals surface area contributed by atoms with Crippen LogP contribution in [0.5, 0.6) is 5.75 Å². The van der Waals surface area contributed by atoms with Gasteiger partial charge in [0.05, 0.1) is 5.56 Å². The smallest absolute Gasteiger partial charge is 0.304 e. The fourth-order valence-corrected chi connectivity index (χ4v) is 0.865. The standard InChI is InChI=1S/C9H5F4NO/c10-6-1-2-7(5(3-6)4-14)15-9(13)8(11)12/h1-3,8-9H. The second kappa shape index (κ2) is 4.64. The molecule has 6 heteroatoms. The van der Waals surface area contributed by atoms with Crippen LogP contribution in [0.1, 0.15) is 5.56 Å². The van der Waals surface area contributed by atoms with E-state index < -0.39 is 24.3 Å². The Kier molecular flexibility index (Phi) is 3.50. The van der Waals surface area contributed by atoms with Gasteiger partial charge >= 0.3 is 6.43 Å². The van der Waals surface area contributed by atoms with E-state index in [4.69, 9.17) is 5.26 Å². The van der Waals surface area contributed by atoms with Gasteiger partial charge in [-0.25, -0.2) is 13.2 Å². The van der Waals surface area contributed by atoms with Crippen molar-refractivity contribution >= 4 is 0 Å². The maximum Gasteiger partial charge on any atom is 0.304 e. The summed E-state index contributed by atoms with van der Waals surface area (Å²) in [5.41, 5.74) is -0.335. The van der Waals surface area contributed by atoms with E-state index in [0.29, 0.717) is 0 Å². The Morgan fingerprint density at radius 1 is 1.27 bits per heavy atom. The Hall–Kier alpha value is -1.77. The number of rotatable bonds is 3. The molecule has 2 nitrogen and oxygen atoms in total. The van der Waals surface area contributed by atoms with Crippen LogP contribution in [0.3, 0.4) is 0 Å². The Balaban J connectivity index is 2.91. The molecule has 0 heterocycles. The zero-order valence-electron chi connectivity index (χ0n) is 7.25. The molecule has 1 aromatic rings. The zero-order valence-corrected chi connectivity index (χ0v) is 7.25. The maximum atomic E-state index is 12.6. The molecule has 1 unspecified atom stereocenters. The third-order valence-electron chi connectivity index (χ3n) is 1.50. The summed E-state index contributed by atoms with van der Waals surface area (Å²) in [4.78, 5) is 0. The van der Waals surface area contributed by atoms with Crippen LogP contribution in [0.15, 0.2) is 18.2 Å². The lowest BCUT2D eigenvalue weighted by Crippen LogP contribution is -2.20. The third kappa shape index (κ3) is 2.84. The summed E-state index contributed by atoms with van der Waals surface area (Å²) in [5, 5.41) is 8.49. The first-order valence-corrected chi connectivity index (χ1v) is 3.83. The van der Waals surface area contributed by atoms with Gasteiger partial charge in [0.15, 0.2) is 0 Å². The Bertz CT molecular complexity index is 388. The highest BCUT2D eigenvalue weighted by Gasteiger charge is 2.22. The van der Waals surface area contributed by atoms with Crippen molar-refractivity contribution in [1.82, 2.24) is 0 Å². The molecule has 0 saturated heterocycles. The second-order valence-corrected chi connectivity index (χ2v) is 2.56. The molecule has 0 saturated carbocycles. The lowest BCUT2D eigenvalue weighted by atomic mass is 10.2. The summed E-state index contributed by atoms with van der Waals surface area (Å²) in [7, 11) is 0. The average Bonchev–Trinajstić information content (AvgIpc) is 2.20. The van der Waals surface area contributed by atoms with Crippen LogP contribution >= 0.6 is 0 Å². The van der Waals surface area contributed by atoms with Crippen LogP contribution in [0, 0.1) is 17.1 Å². The quantitative estimate of drug-likeness (QED) is 0.732. The molecule has 0 fully saturated rings. The normalized spacial score (nSPS) is 12.3. The molecule has 0 bridgehead atoms. The van der Waals surface area contributed by atoms with E-state index in [9.17, 15) is 17.6 Å². The van der Waals surface area contributed by atoms with Crippen molar-refractivity contribution in [3.63, 3.8) is 0 Å². The predicted molar refractivity (Wildman–Crippen MR) is 42.6 cm³/mol. The van der Waals surface area contributed by atoms with E-state index in [-0.39, 0.29) is 5.56 Å². The van der Waals surface area contributed by atoms with Crippen LogP contribution in [-0.2, 0) is 0 Å². The fourth-order valence-electron chi connectivity index (χ4n) is 0.865. The third-order valence-corrected chi connectivity index (χ3v) is 1.50. The minimum atomic E-state index is -3.32. The first-order chi connectivity index (χ1) is 7.04. The highest BCUT2D eigenvalue weighted by molar-refractivity contribution is 5.43. The van der Waals surface area contributed by atoms with Crippen LogP contribution in [0.4, 0.5) is 17.6 Å². The van der Waals surface area contributed by atoms with E-state index in [1.54, 1.807) is 0 Å². The lowest BCUT2D eigenvalue weighted by molar-refractivity contribution is -0.0670. The SMILES string of the molecule is N#Cc1cc(F)ccc1OC(F)C(F)F. The Morgan fingerprint density at radius 3 is 2.47 bits per heavy atom. The van der Waals surface area contributed by atoms with Crippen molar-refractivity contribution in [2.24, 2.45) is 0 Å². The van der Waals surface area contributed by atoms with Gasteiger partial charge in [-0.15, -0.1) is 0 Å². The molecule has 1 rings (SSSR count). The van der Waals surface area contributed by atoms with Gasteiger partial charge in [-0.1, -0.05) is 0 Å². The fraction of sp³-hybridized carbons (Fsp3) is 0.222. The molecule has 0 amide bonds. The number of alkyl halides is 3. The highest BCUT2D eigenvalue weighted by Crippen LogP contribution is 2.22. The number of nitriles is 1. The summed E-state index contributed by atoms with van der Waals surface area (Å²) in [6.07, 6.45) is -6.15. The van der Waals surface area contributed by atoms with E-state index in [1.165, 1.54) is 6.07 Å². The van der Waals surface area contributed by atoms with Crippen LogP contribution in [0.25, 0.3) is 0 Å². The summed E-state index contributed by atoms with van der Waals surface area (Å²) in [5.74, 6) is -1.14. The predicted octanol–water partition coefficient (Wildman–Crippen LogP) is 2.64. The van der Waals surface area contributed by atoms with Crippen molar-refractivity contribution in [3.8, 4) is 11.8 Å². The van der Waals surface area contributed by atoms with E-state index in [0.717, 1.165) is 18.2 Å². The first kappa shape index (κ1) is 11.3. The lowest BCUT2D eigenvalue weighted by Gasteiger charge is -2.11. The molecule has 0 radical (unpaired) electrons. The number of halogens is 4. The van der Waals surface area contributed by atoms with Gasteiger partial charge in [0.1, 0.15) is 17.6 Å². The van der Waals surface area contributed by atoms with Gasteiger partial charge in [-0.05, 0) is 18.2 Å². The largest absolute Gasteiger partial charge is 0.453 e. The monoisotopic (exact) mass is 219 g/mol. The average molecular weight is 219 g/mol. The summed E-state index contributed by atoms with van der Waals surface area (Å²) >= 11 is 0. The number of hydrogen-bond acceptors (Lipinski definition) is 2. The van der Waals surface area contributed by atoms with Crippen molar-refractivity contribution in [2.45, 2.75) is 12.8 Å². The Labute approximate surface area is 82.7 Å². The molecular weight excluding hydrogens is 214 g/mol. The molecule has 0 aliphatic carbocycles. The van der Waals surface area contributed by atoms with Crippen molar-refractivity contribution < 1.29 is 22.3 Å². The molecule has 0 N–H and O–H groups in total. The molecule has 1 atom stereocenters. The number of benzene rings is 1. The Morgan fingerprint density at radius 2 is 1.93 bits per heavy atom. The number of ether oxygens (including phenoxy) is 1. The van der Waals surface area contributed by atoms with Crippen molar-refractivity contribution in [2.75, 3.05) is 0 Å². The molecular formula is C9H5F4NO. The van der Waals surface area contributed by atoms with Crippen LogP contribution < -0.4 is 4.74 Å². The molecule has 0 spiro atoms. The summed E-state index contributed by atoms with van der Waals surface area (Å²) in [6, 6.07) is 4.08. The van der Waals surface area contributed by atoms with Gasteiger partial charge < -0.3 is 4.74 Å². The number of hydrogen-bond donors (Lipinski definition) is 0. The van der Waals surface area contributed by atoms with E-state index >= 15 is 0 Å². The van der Waals surface area contributed by atoms with Gasteiger partial charge in [-0.2, -0.15) is 9.65 Å². The maximum absolute atomic E-state index is 12.6. The number of nitrogens with zero attached hydrogens (tertiary/aromatic N) is 1. The molecule has 0 aliphatic heterocycles. The van der Waals surface area contributed by atoms with Gasteiger partial charge in [0.2, 0.25) is 0 Å². The topological polar surface area (TPSA) is 33.0 Å². The van der Waals surface area contributed by atoms with Gasteiger partial charge in [-0.3, -0.25) is 0 Å². The van der Waals surface area contributed by atoms with Crippen LogP contribution in [-0.4, -0.2) is 12.8 Å². The zero-order chi connectivity index (χ0) is 11.4. The molecule has 1 aromatic carbocycles. The highest BCUT2D eigenvalue weighted by atomic mass is 19.3. The van der Waals surface area contributed by atoms with E-state index in [2.05, 4.69) is 4.74 Å². The summed E-state index contributed by atoms with van der Waals surface area (Å²) in [6.45, 7) is 0. The minimum absolute atomic E-state index is 0.335. The van der Waals surface area contributed by atoms with E-state index in [1.807, 2.05) is 0 Å². The summed E-state index contributed by atoms with van der Waals surface area (Å²) < 4.78 is 52.7. The molecule has 15 heavy (non-hydrogen) atoms. The molecule has 0 aliphatic rings. The van der Waals surface area contributed by atoms with Crippen molar-refractivity contribution in [3.05, 3.63) is 29.6 Å². The molecule has 0 aromatic heterocycles. The van der Waals surface area contributed by atoms with Gasteiger partial charge in [0, 0.05) is 0 Å². The molecule has 80 valence electrons. The second-order valence-electron chi connectivity index (χ2n) is 2.56. The first-order valence-electron chi connectivity index (χ1n) is 3.83. The minimum Gasteiger partial charge on any atom is -0.453 e. The van der Waals surface area contributed by atoms with Crippen LogP contribution in [0.2, 0.25) is 0 Å². The van der Waals surface area contributed by atoms with Gasteiger partial charge in [0.25, 0.3) is 6.36 Å².